The van der Waals surface area contributed by atoms with E-state index in [9.17, 15) is 31.2 Å². The van der Waals surface area contributed by atoms with E-state index in [4.69, 9.17) is 0 Å². The van der Waals surface area contributed by atoms with Gasteiger partial charge < -0.3 is 10.2 Å². The van der Waals surface area contributed by atoms with Gasteiger partial charge in [-0.15, -0.1) is 0 Å². The van der Waals surface area contributed by atoms with Gasteiger partial charge >= 0.3 is 12.2 Å². The molecule has 0 saturated carbocycles. The first-order valence-corrected chi connectivity index (χ1v) is 19.8. The highest BCUT2D eigenvalue weighted by Crippen LogP contribution is 2.34. The molecule has 1 unspecified atom stereocenters. The van der Waals surface area contributed by atoms with Crippen LogP contribution >= 0.6 is 0 Å². The number of sulfonamides is 1. The maximum atomic E-state index is 15.4. The van der Waals surface area contributed by atoms with E-state index in [1.807, 2.05) is 13.1 Å². The summed E-state index contributed by atoms with van der Waals surface area (Å²) in [5, 5.41) is 10.8. The molecule has 0 aliphatic carbocycles. The number of benzene rings is 2. The minimum atomic E-state index is -4.54. The SMILES string of the molecule is CC(Cc1ccc(S(=O)(=O)N2CCC(Nc3ncc(C(F)(F)F)cn3)CC2)cc1F)CN1CCC(c2ccc3c(N4CCC(=O)NC4=O)nn(C)c3c2)CC1. The van der Waals surface area contributed by atoms with Crippen molar-refractivity contribution in [3.63, 3.8) is 0 Å². The van der Waals surface area contributed by atoms with Crippen molar-refractivity contribution in [3.8, 4) is 0 Å². The van der Waals surface area contributed by atoms with Gasteiger partial charge in [0, 0.05) is 63.5 Å². The third-order valence-electron chi connectivity index (χ3n) is 10.8. The highest BCUT2D eigenvalue weighted by atomic mass is 32.2. The number of fused-ring (bicyclic) bond motifs is 1. The van der Waals surface area contributed by atoms with Crippen LogP contribution in [0.3, 0.4) is 0 Å². The van der Waals surface area contributed by atoms with Crippen LogP contribution in [0, 0.1) is 11.7 Å². The van der Waals surface area contributed by atoms with Gasteiger partial charge in [-0.1, -0.05) is 19.1 Å². The number of imide groups is 1. The van der Waals surface area contributed by atoms with E-state index in [0.29, 0.717) is 49.0 Å². The molecule has 2 aromatic carbocycles. The number of anilines is 2. The zero-order chi connectivity index (χ0) is 39.1. The summed E-state index contributed by atoms with van der Waals surface area (Å²) in [5.74, 6) is 0.196. The molecule has 0 radical (unpaired) electrons. The summed E-state index contributed by atoms with van der Waals surface area (Å²) in [4.78, 5) is 35.3. The molecule has 18 heteroatoms. The number of piperidine rings is 2. The monoisotopic (exact) mass is 785 g/mol. The Balaban J connectivity index is 0.889. The molecule has 13 nitrogen and oxygen atoms in total. The van der Waals surface area contributed by atoms with Gasteiger partial charge in [0.05, 0.1) is 16.0 Å². The average molecular weight is 786 g/mol. The third kappa shape index (κ3) is 8.45. The number of hydrogen-bond acceptors (Lipinski definition) is 9. The van der Waals surface area contributed by atoms with E-state index in [0.717, 1.165) is 49.4 Å². The Kier molecular flexibility index (Phi) is 10.8. The van der Waals surface area contributed by atoms with E-state index >= 15 is 4.39 Å². The lowest BCUT2D eigenvalue weighted by molar-refractivity contribution is -0.138. The van der Waals surface area contributed by atoms with Crippen LogP contribution in [-0.4, -0.2) is 94.6 Å². The maximum Gasteiger partial charge on any atom is 0.419 e. The van der Waals surface area contributed by atoms with Gasteiger partial charge in [-0.05, 0) is 92.4 Å². The Morgan fingerprint density at radius 1 is 0.964 bits per heavy atom. The number of aryl methyl sites for hydroxylation is 1. The highest BCUT2D eigenvalue weighted by Gasteiger charge is 2.33. The molecule has 3 aliphatic heterocycles. The zero-order valence-electron chi connectivity index (χ0n) is 30.5. The summed E-state index contributed by atoms with van der Waals surface area (Å²) in [6, 6.07) is 9.64. The molecule has 2 aromatic heterocycles. The van der Waals surface area contributed by atoms with Crippen molar-refractivity contribution in [1.29, 1.82) is 0 Å². The Labute approximate surface area is 316 Å². The minimum absolute atomic E-state index is 0.0352. The largest absolute Gasteiger partial charge is 0.419 e. The molecule has 294 valence electrons. The molecule has 3 aliphatic rings. The van der Waals surface area contributed by atoms with Crippen molar-refractivity contribution in [3.05, 3.63) is 71.3 Å². The van der Waals surface area contributed by atoms with Gasteiger partial charge in [0.25, 0.3) is 0 Å². The van der Waals surface area contributed by atoms with Crippen molar-refractivity contribution < 1.29 is 35.6 Å². The Morgan fingerprint density at radius 2 is 1.67 bits per heavy atom. The fourth-order valence-electron chi connectivity index (χ4n) is 7.78. The standard InChI is InChI=1S/C37H43F4N9O4S/c1-23(22-48-12-7-24(8-13-48)25-4-6-30-32(18-25)47(2)46-34(30)50-16-11-33(51)45-36(50)52)17-26-3-5-29(19-31(26)38)55(53,54)49-14-9-28(10-15-49)44-35-42-20-27(21-43-35)37(39,40)41/h3-6,18-21,23-24,28H,7-17,22H2,1-2H3,(H,42,43,44)(H,45,51,52). The summed E-state index contributed by atoms with van der Waals surface area (Å²) >= 11 is 0. The fraction of sp³-hybridized carbons (Fsp3) is 0.486. The topological polar surface area (TPSA) is 146 Å². The predicted molar refractivity (Wildman–Crippen MR) is 196 cm³/mol. The molecule has 3 saturated heterocycles. The van der Waals surface area contributed by atoms with Crippen LogP contribution in [-0.2, 0) is 34.5 Å². The van der Waals surface area contributed by atoms with Crippen LogP contribution in [0.25, 0.3) is 10.9 Å². The third-order valence-corrected chi connectivity index (χ3v) is 12.7. The second kappa shape index (κ2) is 15.5. The van der Waals surface area contributed by atoms with E-state index in [2.05, 4.69) is 49.7 Å². The summed E-state index contributed by atoms with van der Waals surface area (Å²) in [6.07, 6.45) is 0.214. The number of halogens is 4. The van der Waals surface area contributed by atoms with Gasteiger partial charge in [0.2, 0.25) is 21.9 Å². The van der Waals surface area contributed by atoms with Crippen molar-refractivity contribution in [1.82, 2.24) is 34.3 Å². The van der Waals surface area contributed by atoms with Crippen molar-refractivity contribution in [2.24, 2.45) is 13.0 Å². The van der Waals surface area contributed by atoms with Crippen LogP contribution < -0.4 is 15.5 Å². The number of rotatable bonds is 10. The number of urea groups is 1. The van der Waals surface area contributed by atoms with E-state index < -0.39 is 33.6 Å². The smallest absolute Gasteiger partial charge is 0.351 e. The first-order chi connectivity index (χ1) is 26.2. The summed E-state index contributed by atoms with van der Waals surface area (Å²) in [6.45, 7) is 5.20. The fourth-order valence-corrected chi connectivity index (χ4v) is 9.26. The molecular weight excluding hydrogens is 743 g/mol. The number of hydrogen-bond donors (Lipinski definition) is 2. The second-order valence-electron chi connectivity index (χ2n) is 14.7. The number of amides is 3. The number of nitrogens with one attached hydrogen (secondary N) is 2. The second-order valence-corrected chi connectivity index (χ2v) is 16.7. The first-order valence-electron chi connectivity index (χ1n) is 18.4. The summed E-state index contributed by atoms with van der Waals surface area (Å²) in [7, 11) is -2.11. The number of carbonyl (C=O) groups excluding carboxylic acids is 2. The molecule has 0 spiro atoms. The number of nitrogens with zero attached hydrogens (tertiary/aromatic N) is 7. The zero-order valence-corrected chi connectivity index (χ0v) is 31.3. The minimum Gasteiger partial charge on any atom is -0.351 e. The number of alkyl halides is 3. The number of aromatic nitrogens is 4. The quantitative estimate of drug-likeness (QED) is 0.205. The van der Waals surface area contributed by atoms with Crippen molar-refractivity contribution in [2.75, 3.05) is 49.5 Å². The number of carbonyl (C=O) groups is 2. The normalized spacial score (nSPS) is 19.2. The van der Waals surface area contributed by atoms with Crippen LogP contribution in [0.15, 0.2) is 53.7 Å². The Morgan fingerprint density at radius 3 is 2.33 bits per heavy atom. The summed E-state index contributed by atoms with van der Waals surface area (Å²) < 4.78 is 83.7. The van der Waals surface area contributed by atoms with Crippen molar-refractivity contribution >= 4 is 44.6 Å². The molecule has 3 fully saturated rings. The first kappa shape index (κ1) is 38.6. The van der Waals surface area contributed by atoms with Gasteiger partial charge in [-0.3, -0.25) is 19.7 Å². The lowest BCUT2D eigenvalue weighted by Gasteiger charge is -2.34. The van der Waals surface area contributed by atoms with Gasteiger partial charge in [0.1, 0.15) is 5.82 Å². The van der Waals surface area contributed by atoms with E-state index in [-0.39, 0.29) is 54.8 Å². The van der Waals surface area contributed by atoms with Gasteiger partial charge in [-0.2, -0.15) is 22.6 Å². The van der Waals surface area contributed by atoms with Crippen LogP contribution in [0.5, 0.6) is 0 Å². The Hall–Kier alpha value is -4.68. The van der Waals surface area contributed by atoms with Crippen LogP contribution in [0.2, 0.25) is 0 Å². The lowest BCUT2D eigenvalue weighted by Crippen LogP contribution is -2.49. The van der Waals surface area contributed by atoms with E-state index in [1.54, 1.807) is 10.7 Å². The van der Waals surface area contributed by atoms with Gasteiger partial charge in [-0.25, -0.2) is 27.6 Å². The molecule has 3 amide bonds. The predicted octanol–water partition coefficient (Wildman–Crippen LogP) is 5.29. The lowest BCUT2D eigenvalue weighted by atomic mass is 9.88. The Bertz CT molecular complexity index is 2170. The number of likely N-dealkylation sites (tertiary alicyclic amines) is 1. The summed E-state index contributed by atoms with van der Waals surface area (Å²) in [5.41, 5.74) is 1.63. The van der Waals surface area contributed by atoms with Crippen LogP contribution in [0.1, 0.15) is 61.6 Å². The molecule has 2 N–H and O–H groups in total. The van der Waals surface area contributed by atoms with Crippen molar-refractivity contribution in [2.45, 2.75) is 68.5 Å². The molecule has 1 atom stereocenters. The molecule has 0 bridgehead atoms. The van der Waals surface area contributed by atoms with Crippen LogP contribution in [0.4, 0.5) is 34.1 Å². The molecule has 4 aromatic rings. The van der Waals surface area contributed by atoms with E-state index in [1.165, 1.54) is 20.8 Å². The highest BCUT2D eigenvalue weighted by molar-refractivity contribution is 7.89. The average Bonchev–Trinajstić information content (AvgIpc) is 3.47. The molecule has 5 heterocycles. The molecular formula is C37H43F4N9O4S. The molecule has 55 heavy (non-hydrogen) atoms. The maximum absolute atomic E-state index is 15.4. The van der Waals surface area contributed by atoms with Gasteiger partial charge in [0.15, 0.2) is 5.82 Å². The molecule has 7 rings (SSSR count).